The second kappa shape index (κ2) is 10.6. The molecule has 42 heavy (non-hydrogen) atoms. The number of rotatable bonds is 9. The summed E-state index contributed by atoms with van der Waals surface area (Å²) < 4.78 is 63.1. The van der Waals surface area contributed by atoms with Gasteiger partial charge in [-0.2, -0.15) is 0 Å². The molecular weight excluding hydrogens is 570 g/mol. The highest BCUT2D eigenvalue weighted by Crippen LogP contribution is 2.44. The maximum atomic E-state index is 13.8. The first kappa shape index (κ1) is 28.0. The van der Waals surface area contributed by atoms with Crippen LogP contribution in [0.5, 0.6) is 11.5 Å². The van der Waals surface area contributed by atoms with E-state index in [2.05, 4.69) is 15.0 Å². The highest BCUT2D eigenvalue weighted by atomic mass is 32.2. The molecule has 0 saturated heterocycles. The van der Waals surface area contributed by atoms with Crippen LogP contribution in [-0.4, -0.2) is 52.6 Å². The third kappa shape index (κ3) is 5.18. The van der Waals surface area contributed by atoms with Gasteiger partial charge in [0.05, 0.1) is 46.6 Å². The van der Waals surface area contributed by atoms with Crippen molar-refractivity contribution in [2.75, 3.05) is 12.4 Å². The largest absolute Gasteiger partial charge is 0.586 e. The quantitative estimate of drug-likeness (QED) is 0.291. The molecule has 2 aromatic carbocycles. The average molecular weight is 599 g/mol. The predicted octanol–water partition coefficient (Wildman–Crippen LogP) is 4.33. The SMILES string of the molecule is CCS(=O)(=O)c1ccc([C@H](CO)NC(=O)c2ccc3c(c2)nc(C2CCC2)n3Cc2cccc3c2OC(F)(F)O3)nc1. The molecule has 1 fully saturated rings. The lowest BCUT2D eigenvalue weighted by Gasteiger charge is -2.25. The minimum atomic E-state index is -3.73. The van der Waals surface area contributed by atoms with Gasteiger partial charge in [0.15, 0.2) is 21.3 Å². The van der Waals surface area contributed by atoms with Crippen LogP contribution in [0.3, 0.4) is 0 Å². The monoisotopic (exact) mass is 598 g/mol. The number of sulfone groups is 1. The van der Waals surface area contributed by atoms with Crippen LogP contribution in [0.2, 0.25) is 0 Å². The second-order valence-corrected chi connectivity index (χ2v) is 12.6. The Labute approximate surface area is 240 Å². The Bertz CT molecular complexity index is 1770. The van der Waals surface area contributed by atoms with Crippen LogP contribution in [0, 0.1) is 0 Å². The summed E-state index contributed by atoms with van der Waals surface area (Å²) >= 11 is 0. The maximum Gasteiger partial charge on any atom is 0.586 e. The summed E-state index contributed by atoms with van der Waals surface area (Å²) in [5, 5.41) is 12.7. The number of ether oxygens (including phenoxy) is 2. The first-order valence-electron chi connectivity index (χ1n) is 13.6. The molecule has 2 aliphatic rings. The molecule has 0 spiro atoms. The highest BCUT2D eigenvalue weighted by Gasteiger charge is 2.44. The maximum absolute atomic E-state index is 13.8. The first-order valence-corrected chi connectivity index (χ1v) is 15.2. The number of alkyl halides is 2. The lowest BCUT2D eigenvalue weighted by Crippen LogP contribution is -2.31. The smallest absolute Gasteiger partial charge is 0.395 e. The number of benzene rings is 2. The van der Waals surface area contributed by atoms with E-state index in [1.165, 1.54) is 31.3 Å². The molecule has 1 saturated carbocycles. The van der Waals surface area contributed by atoms with Crippen LogP contribution < -0.4 is 14.8 Å². The summed E-state index contributed by atoms with van der Waals surface area (Å²) in [7, 11) is -3.44. The van der Waals surface area contributed by atoms with E-state index in [9.17, 15) is 27.1 Å². The van der Waals surface area contributed by atoms with Gasteiger partial charge in [0, 0.05) is 23.2 Å². The Morgan fingerprint density at radius 3 is 2.67 bits per heavy atom. The first-order chi connectivity index (χ1) is 20.1. The molecule has 3 heterocycles. The number of fused-ring (bicyclic) bond motifs is 2. The number of aliphatic hydroxyl groups is 1. The molecule has 220 valence electrons. The van der Waals surface area contributed by atoms with Crippen molar-refractivity contribution in [3.8, 4) is 11.5 Å². The fourth-order valence-electron chi connectivity index (χ4n) is 5.16. The minimum Gasteiger partial charge on any atom is -0.395 e. The Hall–Kier alpha value is -4.10. The molecular formula is C29H28F2N4O6S. The molecule has 0 unspecified atom stereocenters. The number of aromatic nitrogens is 3. The van der Waals surface area contributed by atoms with Gasteiger partial charge in [0.25, 0.3) is 5.91 Å². The summed E-state index contributed by atoms with van der Waals surface area (Å²) in [6.45, 7) is 1.30. The summed E-state index contributed by atoms with van der Waals surface area (Å²) in [6, 6.07) is 11.8. The average Bonchev–Trinajstić information content (AvgIpc) is 3.46. The number of carbonyl (C=O) groups excluding carboxylic acids is 1. The molecule has 1 aliphatic heterocycles. The van der Waals surface area contributed by atoms with Crippen LogP contribution in [0.4, 0.5) is 8.78 Å². The number of amides is 1. The number of hydrogen-bond acceptors (Lipinski definition) is 8. The van der Waals surface area contributed by atoms with Crippen molar-refractivity contribution in [3.05, 3.63) is 77.4 Å². The molecule has 10 nitrogen and oxygen atoms in total. The molecule has 1 aliphatic carbocycles. The minimum absolute atomic E-state index is 0.0103. The zero-order chi connectivity index (χ0) is 29.6. The molecule has 1 atom stereocenters. The van der Waals surface area contributed by atoms with Crippen LogP contribution in [-0.2, 0) is 16.4 Å². The number of nitrogens with zero attached hydrogens (tertiary/aromatic N) is 3. The van der Waals surface area contributed by atoms with Crippen LogP contribution >= 0.6 is 0 Å². The van der Waals surface area contributed by atoms with Gasteiger partial charge in [-0.05, 0) is 49.2 Å². The normalized spacial score (nSPS) is 16.8. The standard InChI is InChI=1S/C29H28F2N4O6S/c1-2-42(38,39)20-10-11-21(32-14-20)23(16-36)34-28(37)18-9-12-24-22(13-18)33-27(17-5-3-6-17)35(24)15-19-7-4-8-25-26(19)41-29(30,31)40-25/h4,7-14,17,23,36H,2-3,5-6,15-16H2,1H3,(H,34,37)/t23-/m0/s1. The van der Waals surface area contributed by atoms with Gasteiger partial charge in [-0.1, -0.05) is 25.5 Å². The Morgan fingerprint density at radius 2 is 2.00 bits per heavy atom. The topological polar surface area (TPSA) is 133 Å². The molecule has 4 aromatic rings. The third-order valence-electron chi connectivity index (χ3n) is 7.69. The second-order valence-electron chi connectivity index (χ2n) is 10.3. The Balaban J connectivity index is 1.28. The van der Waals surface area contributed by atoms with E-state index < -0.39 is 34.7 Å². The van der Waals surface area contributed by atoms with E-state index in [1.807, 2.05) is 4.57 Å². The van der Waals surface area contributed by atoms with Gasteiger partial charge < -0.3 is 24.5 Å². The Morgan fingerprint density at radius 1 is 1.19 bits per heavy atom. The summed E-state index contributed by atoms with van der Waals surface area (Å²) in [4.78, 5) is 22.2. The Kier molecular flexibility index (Phi) is 7.09. The van der Waals surface area contributed by atoms with Gasteiger partial charge in [-0.15, -0.1) is 8.78 Å². The number of aliphatic hydroxyl groups excluding tert-OH is 1. The fraction of sp³-hybridized carbons (Fsp3) is 0.345. The molecule has 1 amide bonds. The van der Waals surface area contributed by atoms with Crippen molar-refractivity contribution < 1.29 is 36.6 Å². The van der Waals surface area contributed by atoms with E-state index in [0.29, 0.717) is 22.3 Å². The number of hydrogen-bond donors (Lipinski definition) is 2. The number of imidazole rings is 1. The number of pyridine rings is 1. The van der Waals surface area contributed by atoms with E-state index in [4.69, 9.17) is 9.72 Å². The van der Waals surface area contributed by atoms with Crippen molar-refractivity contribution in [2.24, 2.45) is 0 Å². The predicted molar refractivity (Wildman–Crippen MR) is 147 cm³/mol. The summed E-state index contributed by atoms with van der Waals surface area (Å²) in [5.41, 5.74) is 2.42. The fourth-order valence-corrected chi connectivity index (χ4v) is 5.98. The van der Waals surface area contributed by atoms with Gasteiger partial charge >= 0.3 is 6.29 Å². The van der Waals surface area contributed by atoms with Crippen molar-refractivity contribution in [3.63, 3.8) is 0 Å². The van der Waals surface area contributed by atoms with Crippen molar-refractivity contribution in [2.45, 2.75) is 55.9 Å². The molecule has 0 bridgehead atoms. The lowest BCUT2D eigenvalue weighted by molar-refractivity contribution is -0.286. The number of halogens is 2. The van der Waals surface area contributed by atoms with Gasteiger partial charge in [0.1, 0.15) is 5.82 Å². The number of nitrogens with one attached hydrogen (secondary N) is 1. The van der Waals surface area contributed by atoms with Crippen LogP contribution in [0.15, 0.2) is 59.6 Å². The van der Waals surface area contributed by atoms with E-state index in [0.717, 1.165) is 30.6 Å². The third-order valence-corrected chi connectivity index (χ3v) is 9.41. The summed E-state index contributed by atoms with van der Waals surface area (Å²) in [5.74, 6) is 0.424. The lowest BCUT2D eigenvalue weighted by atomic mass is 9.85. The van der Waals surface area contributed by atoms with Crippen molar-refractivity contribution >= 4 is 26.8 Å². The van der Waals surface area contributed by atoms with Crippen LogP contribution in [0.25, 0.3) is 11.0 Å². The molecule has 6 rings (SSSR count). The highest BCUT2D eigenvalue weighted by molar-refractivity contribution is 7.91. The zero-order valence-corrected chi connectivity index (χ0v) is 23.4. The van der Waals surface area contributed by atoms with Gasteiger partial charge in [0.2, 0.25) is 0 Å². The number of para-hydroxylation sites is 1. The van der Waals surface area contributed by atoms with Gasteiger partial charge in [-0.3, -0.25) is 9.78 Å². The van der Waals surface area contributed by atoms with Crippen LogP contribution in [0.1, 0.15) is 65.6 Å². The van der Waals surface area contributed by atoms with Gasteiger partial charge in [-0.25, -0.2) is 13.4 Å². The molecule has 0 radical (unpaired) electrons. The summed E-state index contributed by atoms with van der Waals surface area (Å²) in [6.07, 6.45) is 0.443. The van der Waals surface area contributed by atoms with Crippen molar-refractivity contribution in [1.82, 2.24) is 19.9 Å². The molecule has 2 aromatic heterocycles. The molecule has 2 N–H and O–H groups in total. The van der Waals surface area contributed by atoms with E-state index in [1.54, 1.807) is 30.3 Å². The zero-order valence-electron chi connectivity index (χ0n) is 22.6. The van der Waals surface area contributed by atoms with Crippen molar-refractivity contribution in [1.29, 1.82) is 0 Å². The van der Waals surface area contributed by atoms with E-state index in [-0.39, 0.29) is 34.6 Å². The molecule has 13 heteroatoms. The van der Waals surface area contributed by atoms with E-state index >= 15 is 0 Å². The number of carbonyl (C=O) groups is 1.